The Hall–Kier alpha value is -2.30. The monoisotopic (exact) mass is 673 g/mol. The van der Waals surface area contributed by atoms with Crippen molar-refractivity contribution >= 4 is 48.8 Å². The topological polar surface area (TPSA) is 111 Å². The number of nitrogens with two attached hydrogens (primary N) is 1. The summed E-state index contributed by atoms with van der Waals surface area (Å²) in [4.78, 5) is 10.7. The third-order valence-corrected chi connectivity index (χ3v) is 8.60. The molecule has 0 amide bonds. The quantitative estimate of drug-likeness (QED) is 0.259. The van der Waals surface area contributed by atoms with E-state index in [9.17, 15) is 26.0 Å². The highest BCUT2D eigenvalue weighted by molar-refractivity contribution is 7.90. The van der Waals surface area contributed by atoms with Crippen LogP contribution in [0.2, 0.25) is 10.0 Å². The molecule has 0 atom stereocenters. The Kier molecular flexibility index (Phi) is 15.0. The van der Waals surface area contributed by atoms with Gasteiger partial charge in [0.2, 0.25) is 10.0 Å². The van der Waals surface area contributed by atoms with E-state index in [0.29, 0.717) is 28.8 Å². The molecule has 0 aliphatic carbocycles. The number of benzene rings is 3. The summed E-state index contributed by atoms with van der Waals surface area (Å²) in [6.07, 6.45) is 1.69. The van der Waals surface area contributed by atoms with Gasteiger partial charge < -0.3 is 0 Å². The number of primary sulfonamides is 1. The Bertz CT molecular complexity index is 1620. The van der Waals surface area contributed by atoms with E-state index in [4.69, 9.17) is 28.3 Å². The normalized spacial score (nSPS) is 11.6. The number of sulfone groups is 1. The minimum atomic E-state index is -3.81. The van der Waals surface area contributed by atoms with Crippen LogP contribution in [0.3, 0.4) is 0 Å². The zero-order valence-corrected chi connectivity index (χ0v) is 29.1. The van der Waals surface area contributed by atoms with Gasteiger partial charge in [0.15, 0.2) is 9.84 Å². The van der Waals surface area contributed by atoms with Crippen LogP contribution in [0, 0.1) is 5.82 Å². The maximum atomic E-state index is 13.3. The van der Waals surface area contributed by atoms with Crippen molar-refractivity contribution in [1.82, 2.24) is 0 Å². The lowest BCUT2D eigenvalue weighted by molar-refractivity contribution is -0.116. The van der Waals surface area contributed by atoms with Gasteiger partial charge >= 0.3 is 0 Å². The Morgan fingerprint density at radius 3 is 1.51 bits per heavy atom. The van der Waals surface area contributed by atoms with Crippen LogP contribution in [0.25, 0.3) is 0 Å². The molecular formula is C32H42Cl2FNO5S2. The molecule has 0 heterocycles. The molecule has 3 aromatic rings. The van der Waals surface area contributed by atoms with Crippen molar-refractivity contribution < 1.29 is 26.0 Å². The van der Waals surface area contributed by atoms with E-state index in [-0.39, 0.29) is 22.3 Å². The smallest absolute Gasteiger partial charge is 0.238 e. The number of carbonyl (C=O) groups excluding carboxylic acids is 1. The maximum absolute atomic E-state index is 13.3. The van der Waals surface area contributed by atoms with E-state index in [1.165, 1.54) is 18.4 Å². The van der Waals surface area contributed by atoms with Gasteiger partial charge in [-0.05, 0) is 76.8 Å². The van der Waals surface area contributed by atoms with Crippen molar-refractivity contribution in [3.8, 4) is 0 Å². The van der Waals surface area contributed by atoms with Crippen LogP contribution in [0.5, 0.6) is 0 Å². The second kappa shape index (κ2) is 16.7. The van der Waals surface area contributed by atoms with E-state index in [2.05, 4.69) is 27.7 Å². The van der Waals surface area contributed by atoms with Crippen molar-refractivity contribution in [3.05, 3.63) is 98.3 Å². The third kappa shape index (κ3) is 13.9. The first-order valence-corrected chi connectivity index (χ1v) is 18.0. The number of hydrogen-bond acceptors (Lipinski definition) is 5. The van der Waals surface area contributed by atoms with Gasteiger partial charge in [-0.1, -0.05) is 95.1 Å². The average Bonchev–Trinajstić information content (AvgIpc) is 2.82. The van der Waals surface area contributed by atoms with Gasteiger partial charge in [-0.15, -0.1) is 0 Å². The van der Waals surface area contributed by atoms with Crippen molar-refractivity contribution in [2.75, 3.05) is 6.26 Å². The summed E-state index contributed by atoms with van der Waals surface area (Å²) in [7, 11) is -6.79. The fraction of sp³-hybridized carbons (Fsp3) is 0.406. The van der Waals surface area contributed by atoms with Crippen LogP contribution in [-0.2, 0) is 36.8 Å². The minimum absolute atomic E-state index is 0.0181. The molecule has 2 N–H and O–H groups in total. The van der Waals surface area contributed by atoms with Crippen LogP contribution < -0.4 is 5.14 Å². The molecule has 0 aromatic heterocycles. The largest absolute Gasteiger partial charge is 0.300 e. The van der Waals surface area contributed by atoms with Crippen molar-refractivity contribution in [3.63, 3.8) is 0 Å². The van der Waals surface area contributed by atoms with Gasteiger partial charge in [0.25, 0.3) is 0 Å². The highest BCUT2D eigenvalue weighted by Gasteiger charge is 2.13. The zero-order chi connectivity index (χ0) is 33.3. The highest BCUT2D eigenvalue weighted by Crippen LogP contribution is 2.26. The highest BCUT2D eigenvalue weighted by atomic mass is 35.5. The average molecular weight is 675 g/mol. The molecule has 0 saturated carbocycles. The summed E-state index contributed by atoms with van der Waals surface area (Å²) >= 11 is 12.2. The van der Waals surface area contributed by atoms with Crippen molar-refractivity contribution in [2.24, 2.45) is 5.14 Å². The Balaban J connectivity index is 0.000000323. The summed E-state index contributed by atoms with van der Waals surface area (Å²) in [5, 5.41) is 6.26. The fourth-order valence-corrected chi connectivity index (χ4v) is 6.17. The van der Waals surface area contributed by atoms with Crippen LogP contribution in [0.15, 0.2) is 59.5 Å². The predicted molar refractivity (Wildman–Crippen MR) is 176 cm³/mol. The number of ketones is 1. The van der Waals surface area contributed by atoms with Crippen LogP contribution in [-0.4, -0.2) is 28.9 Å². The molecule has 43 heavy (non-hydrogen) atoms. The van der Waals surface area contributed by atoms with Crippen molar-refractivity contribution in [1.29, 1.82) is 0 Å². The molecule has 0 radical (unpaired) electrons. The first-order valence-electron chi connectivity index (χ1n) is 13.7. The van der Waals surface area contributed by atoms with Crippen LogP contribution >= 0.6 is 23.2 Å². The summed E-state index contributed by atoms with van der Waals surface area (Å²) in [6, 6.07) is 15.0. The van der Waals surface area contributed by atoms with E-state index in [1.54, 1.807) is 13.0 Å². The molecular weight excluding hydrogens is 632 g/mol. The van der Waals surface area contributed by atoms with Gasteiger partial charge in [0, 0.05) is 22.7 Å². The Labute approximate surface area is 266 Å². The second-order valence-electron chi connectivity index (χ2n) is 11.4. The first-order chi connectivity index (χ1) is 19.6. The first kappa shape index (κ1) is 38.7. The molecule has 0 fully saturated rings. The van der Waals surface area contributed by atoms with Gasteiger partial charge in [0.05, 0.1) is 10.6 Å². The SMILES string of the molecule is CC(=O)Cc1ccc(C(C)C)c(Cl)c1.CC(C)c1ccc(CS(C)(=O)=O)cc1Cl.CC(C)c1ccc(S(N)(=O)=O)cc1F. The lowest BCUT2D eigenvalue weighted by Crippen LogP contribution is -2.12. The molecule has 0 aliphatic rings. The molecule has 0 bridgehead atoms. The van der Waals surface area contributed by atoms with E-state index in [0.717, 1.165) is 33.3 Å². The summed E-state index contributed by atoms with van der Waals surface area (Å²) in [6.45, 7) is 13.6. The summed E-state index contributed by atoms with van der Waals surface area (Å²) in [5.41, 5.74) is 4.41. The number of hydrogen-bond donors (Lipinski definition) is 1. The van der Waals surface area contributed by atoms with Gasteiger partial charge in [0.1, 0.15) is 11.6 Å². The molecule has 11 heteroatoms. The molecule has 3 aromatic carbocycles. The van der Waals surface area contributed by atoms with Crippen LogP contribution in [0.1, 0.15) is 94.0 Å². The number of sulfonamides is 1. The second-order valence-corrected chi connectivity index (χ2v) is 15.9. The Morgan fingerprint density at radius 1 is 0.744 bits per heavy atom. The molecule has 0 spiro atoms. The van der Waals surface area contributed by atoms with E-state index >= 15 is 0 Å². The number of carbonyl (C=O) groups is 1. The molecule has 0 saturated heterocycles. The third-order valence-electron chi connectivity index (χ3n) is 6.18. The number of rotatable bonds is 8. The van der Waals surface area contributed by atoms with E-state index in [1.807, 2.05) is 44.2 Å². The molecule has 0 unspecified atom stereocenters. The van der Waals surface area contributed by atoms with Crippen molar-refractivity contribution in [2.45, 2.75) is 83.3 Å². The fourth-order valence-electron chi connectivity index (χ4n) is 4.02. The van der Waals surface area contributed by atoms with Gasteiger partial charge in [-0.2, -0.15) is 0 Å². The van der Waals surface area contributed by atoms with Crippen LogP contribution in [0.4, 0.5) is 4.39 Å². The number of Topliss-reactive ketones (excluding diaryl/α,β-unsaturated/α-hetero) is 1. The number of halogens is 3. The van der Waals surface area contributed by atoms with Gasteiger partial charge in [-0.3, -0.25) is 4.79 Å². The lowest BCUT2D eigenvalue weighted by Gasteiger charge is -2.09. The molecule has 3 rings (SSSR count). The molecule has 238 valence electrons. The summed E-state index contributed by atoms with van der Waals surface area (Å²) in [5.74, 6) is 0.471. The molecule has 6 nitrogen and oxygen atoms in total. The van der Waals surface area contributed by atoms with E-state index < -0.39 is 25.7 Å². The molecule has 0 aliphatic heterocycles. The zero-order valence-electron chi connectivity index (χ0n) is 25.9. The standard InChI is InChI=1S/C12H15ClO.C11H15ClO2S.C9H12FNO2S/c1-8(2)11-5-4-10(6-9(3)14)7-12(11)13;1-8(2)10-5-4-9(6-11(10)12)7-15(3,13)14;1-6(2)8-4-3-7(5-9(8)10)14(11,12)13/h4-5,7-8H,6H2,1-3H3;4-6,8H,7H2,1-3H3;3-6H,1-2H3,(H2,11,12,13). The minimum Gasteiger partial charge on any atom is -0.300 e. The summed E-state index contributed by atoms with van der Waals surface area (Å²) < 4.78 is 57.2. The predicted octanol–water partition coefficient (Wildman–Crippen LogP) is 8.20. The van der Waals surface area contributed by atoms with Gasteiger partial charge in [-0.25, -0.2) is 26.4 Å². The lowest BCUT2D eigenvalue weighted by atomic mass is 10.00. The Morgan fingerprint density at radius 2 is 1.16 bits per heavy atom. The maximum Gasteiger partial charge on any atom is 0.238 e.